The maximum Gasteiger partial charge on any atom is 0.263 e. The third kappa shape index (κ3) is 3.60. The molecule has 0 radical (unpaired) electrons. The van der Waals surface area contributed by atoms with Gasteiger partial charge in [0.05, 0.1) is 6.20 Å². The Hall–Kier alpha value is -2.28. The normalized spacial score (nSPS) is 24.5. The number of hydrogen-bond acceptors (Lipinski definition) is 4. The van der Waals surface area contributed by atoms with E-state index in [0.717, 1.165) is 25.8 Å². The third-order valence-electron chi connectivity index (χ3n) is 5.69. The van der Waals surface area contributed by atoms with Gasteiger partial charge in [-0.05, 0) is 30.9 Å². The lowest BCUT2D eigenvalue weighted by Gasteiger charge is -2.33. The van der Waals surface area contributed by atoms with E-state index in [-0.39, 0.29) is 23.7 Å². The maximum atomic E-state index is 13.9. The van der Waals surface area contributed by atoms with Crippen molar-refractivity contribution in [3.05, 3.63) is 41.2 Å². The molecule has 2 aromatic rings. The predicted molar refractivity (Wildman–Crippen MR) is 102 cm³/mol. The highest BCUT2D eigenvalue weighted by molar-refractivity contribution is 7.16. The summed E-state index contributed by atoms with van der Waals surface area (Å²) in [6, 6.07) is 6.50. The summed E-state index contributed by atoms with van der Waals surface area (Å²) in [6.07, 6.45) is 4.61. The first-order valence-corrected chi connectivity index (χ1v) is 10.1. The number of likely N-dealkylation sites (tertiary alicyclic amines) is 1. The second kappa shape index (κ2) is 7.38. The van der Waals surface area contributed by atoms with Gasteiger partial charge in [-0.15, -0.1) is 11.3 Å². The standard InChI is InChI=1S/C20H22FN3O2S/c1-12(25)24-10-13-5-4-8-17(15(13)11-24)23-19(26)18-9-22-20(27-18)14-6-2-3-7-16(14)21/h2-3,6-7,9,13,15,17H,4-5,8,10-11H2,1H3,(H,23,26). The zero-order valence-corrected chi connectivity index (χ0v) is 16.0. The van der Waals surface area contributed by atoms with E-state index in [1.807, 2.05) is 4.90 Å². The van der Waals surface area contributed by atoms with E-state index in [2.05, 4.69) is 10.3 Å². The number of amides is 2. The van der Waals surface area contributed by atoms with E-state index in [1.54, 1.807) is 25.1 Å². The second-order valence-corrected chi connectivity index (χ2v) is 8.40. The molecule has 142 valence electrons. The van der Waals surface area contributed by atoms with Gasteiger partial charge in [-0.3, -0.25) is 9.59 Å². The van der Waals surface area contributed by atoms with Gasteiger partial charge in [-0.25, -0.2) is 9.37 Å². The highest BCUT2D eigenvalue weighted by Gasteiger charge is 2.41. The van der Waals surface area contributed by atoms with Gasteiger partial charge in [0.1, 0.15) is 15.7 Å². The minimum atomic E-state index is -0.343. The van der Waals surface area contributed by atoms with Crippen molar-refractivity contribution in [2.75, 3.05) is 13.1 Å². The smallest absolute Gasteiger partial charge is 0.263 e. The highest BCUT2D eigenvalue weighted by atomic mass is 32.1. The van der Waals surface area contributed by atoms with Crippen LogP contribution in [0, 0.1) is 17.7 Å². The first-order chi connectivity index (χ1) is 13.0. The number of halogens is 1. The molecule has 2 amide bonds. The van der Waals surface area contributed by atoms with Crippen molar-refractivity contribution in [3.8, 4) is 10.6 Å². The zero-order chi connectivity index (χ0) is 19.0. The lowest BCUT2D eigenvalue weighted by Crippen LogP contribution is -2.45. The molecule has 1 aromatic carbocycles. The van der Waals surface area contributed by atoms with Crippen LogP contribution in [0.3, 0.4) is 0 Å². The van der Waals surface area contributed by atoms with Crippen LogP contribution < -0.4 is 5.32 Å². The molecule has 1 saturated heterocycles. The fourth-order valence-corrected chi connectivity index (χ4v) is 5.13. The number of nitrogens with one attached hydrogen (secondary N) is 1. The highest BCUT2D eigenvalue weighted by Crippen LogP contribution is 2.37. The van der Waals surface area contributed by atoms with Gasteiger partial charge >= 0.3 is 0 Å². The predicted octanol–water partition coefficient (Wildman–Crippen LogP) is 3.33. The van der Waals surface area contributed by atoms with Gasteiger partial charge < -0.3 is 10.2 Å². The topological polar surface area (TPSA) is 62.3 Å². The lowest BCUT2D eigenvalue weighted by atomic mass is 9.78. The Bertz CT molecular complexity index is 868. The summed E-state index contributed by atoms with van der Waals surface area (Å²) in [6.45, 7) is 3.12. The van der Waals surface area contributed by atoms with E-state index in [0.29, 0.717) is 33.8 Å². The van der Waals surface area contributed by atoms with Crippen molar-refractivity contribution in [2.24, 2.45) is 11.8 Å². The fraction of sp³-hybridized carbons (Fsp3) is 0.450. The summed E-state index contributed by atoms with van der Waals surface area (Å²) in [5.74, 6) is 0.367. The van der Waals surface area contributed by atoms with Crippen molar-refractivity contribution < 1.29 is 14.0 Å². The number of benzene rings is 1. The Morgan fingerprint density at radius 2 is 2.07 bits per heavy atom. The number of thiazole rings is 1. The minimum absolute atomic E-state index is 0.0691. The Kier molecular flexibility index (Phi) is 4.95. The van der Waals surface area contributed by atoms with Crippen LogP contribution in [-0.4, -0.2) is 40.8 Å². The number of carbonyl (C=O) groups is 2. The Balaban J connectivity index is 1.46. The molecule has 27 heavy (non-hydrogen) atoms. The quantitative estimate of drug-likeness (QED) is 0.879. The van der Waals surface area contributed by atoms with Gasteiger partial charge in [0.2, 0.25) is 5.91 Å². The Labute approximate surface area is 161 Å². The van der Waals surface area contributed by atoms with Crippen molar-refractivity contribution in [2.45, 2.75) is 32.2 Å². The third-order valence-corrected chi connectivity index (χ3v) is 6.72. The van der Waals surface area contributed by atoms with Crippen LogP contribution in [0.5, 0.6) is 0 Å². The average molecular weight is 387 g/mol. The van der Waals surface area contributed by atoms with Crippen LogP contribution in [0.4, 0.5) is 4.39 Å². The summed E-state index contributed by atoms with van der Waals surface area (Å²) < 4.78 is 13.9. The van der Waals surface area contributed by atoms with Crippen LogP contribution in [0.2, 0.25) is 0 Å². The molecule has 1 aliphatic carbocycles. The van der Waals surface area contributed by atoms with Crippen molar-refractivity contribution >= 4 is 23.2 Å². The Morgan fingerprint density at radius 1 is 1.26 bits per heavy atom. The molecule has 1 aliphatic heterocycles. The van der Waals surface area contributed by atoms with E-state index >= 15 is 0 Å². The number of rotatable bonds is 3. The number of fused-ring (bicyclic) bond motifs is 1. The molecule has 5 nitrogen and oxygen atoms in total. The molecule has 2 aliphatic rings. The SMILES string of the molecule is CC(=O)N1CC2CCCC(NC(=O)c3cnc(-c4ccccc4F)s3)C2C1. The molecule has 7 heteroatoms. The van der Waals surface area contributed by atoms with E-state index in [4.69, 9.17) is 0 Å². The monoisotopic (exact) mass is 387 g/mol. The average Bonchev–Trinajstić information content (AvgIpc) is 3.30. The summed E-state index contributed by atoms with van der Waals surface area (Å²) in [7, 11) is 0. The molecule has 2 fully saturated rings. The van der Waals surface area contributed by atoms with Crippen LogP contribution in [0.25, 0.3) is 10.6 Å². The lowest BCUT2D eigenvalue weighted by molar-refractivity contribution is -0.128. The first-order valence-electron chi connectivity index (χ1n) is 9.30. The molecule has 0 spiro atoms. The molecule has 0 bridgehead atoms. The number of carbonyl (C=O) groups excluding carboxylic acids is 2. The molecule has 2 heterocycles. The van der Waals surface area contributed by atoms with Gasteiger partial charge in [-0.1, -0.05) is 18.6 Å². The van der Waals surface area contributed by atoms with Gasteiger partial charge in [-0.2, -0.15) is 0 Å². The zero-order valence-electron chi connectivity index (χ0n) is 15.2. The summed E-state index contributed by atoms with van der Waals surface area (Å²) in [4.78, 5) is 31.0. The van der Waals surface area contributed by atoms with Crippen molar-refractivity contribution in [1.29, 1.82) is 0 Å². The van der Waals surface area contributed by atoms with Gasteiger partial charge in [0, 0.05) is 37.5 Å². The molecule has 4 rings (SSSR count). The number of hydrogen-bond donors (Lipinski definition) is 1. The molecule has 1 N–H and O–H groups in total. The minimum Gasteiger partial charge on any atom is -0.348 e. The van der Waals surface area contributed by atoms with Gasteiger partial charge in [0.15, 0.2) is 0 Å². The van der Waals surface area contributed by atoms with Crippen LogP contribution in [0.1, 0.15) is 35.9 Å². The summed E-state index contributed by atoms with van der Waals surface area (Å²) in [5, 5.41) is 3.65. The maximum absolute atomic E-state index is 13.9. The largest absolute Gasteiger partial charge is 0.348 e. The van der Waals surface area contributed by atoms with Crippen LogP contribution >= 0.6 is 11.3 Å². The van der Waals surface area contributed by atoms with E-state index in [9.17, 15) is 14.0 Å². The molecular formula is C20H22FN3O2S. The van der Waals surface area contributed by atoms with Crippen molar-refractivity contribution in [1.82, 2.24) is 15.2 Å². The molecular weight excluding hydrogens is 365 g/mol. The van der Waals surface area contributed by atoms with Crippen LogP contribution in [-0.2, 0) is 4.79 Å². The first kappa shape index (κ1) is 18.1. The molecule has 1 aromatic heterocycles. The summed E-state index contributed by atoms with van der Waals surface area (Å²) >= 11 is 1.20. The van der Waals surface area contributed by atoms with Gasteiger partial charge in [0.25, 0.3) is 5.91 Å². The summed E-state index contributed by atoms with van der Waals surface area (Å²) in [5.41, 5.74) is 0.409. The van der Waals surface area contributed by atoms with Crippen LogP contribution in [0.15, 0.2) is 30.5 Å². The number of aromatic nitrogens is 1. The number of nitrogens with zero attached hydrogens (tertiary/aromatic N) is 2. The molecule has 3 unspecified atom stereocenters. The fourth-order valence-electron chi connectivity index (χ4n) is 4.29. The van der Waals surface area contributed by atoms with E-state index in [1.165, 1.54) is 23.6 Å². The van der Waals surface area contributed by atoms with Crippen molar-refractivity contribution in [3.63, 3.8) is 0 Å². The molecule has 1 saturated carbocycles. The molecule has 3 atom stereocenters. The van der Waals surface area contributed by atoms with E-state index < -0.39 is 0 Å². The Morgan fingerprint density at radius 3 is 2.85 bits per heavy atom. The second-order valence-electron chi connectivity index (χ2n) is 7.37.